The second kappa shape index (κ2) is 6.68. The molecule has 0 aromatic carbocycles. The lowest BCUT2D eigenvalue weighted by Crippen LogP contribution is -2.39. The summed E-state index contributed by atoms with van der Waals surface area (Å²) in [5.41, 5.74) is 1.88. The maximum Gasteiger partial charge on any atom is 0.258 e. The Morgan fingerprint density at radius 2 is 2.00 bits per heavy atom. The molecule has 0 bridgehead atoms. The molecule has 5 nitrogen and oxygen atoms in total. The van der Waals surface area contributed by atoms with Crippen LogP contribution in [0.2, 0.25) is 0 Å². The molecule has 1 aliphatic rings. The molecule has 1 amide bonds. The lowest BCUT2D eigenvalue weighted by Gasteiger charge is -2.26. The van der Waals surface area contributed by atoms with Gasteiger partial charge in [-0.3, -0.25) is 4.79 Å². The highest BCUT2D eigenvalue weighted by molar-refractivity contribution is 5.77. The summed E-state index contributed by atoms with van der Waals surface area (Å²) in [5, 5.41) is 10.9. The van der Waals surface area contributed by atoms with E-state index in [2.05, 4.69) is 22.4 Å². The second-order valence-electron chi connectivity index (χ2n) is 5.76. The number of carbonyl (C=O) groups excluding carboxylic acids is 1. The van der Waals surface area contributed by atoms with E-state index in [0.717, 1.165) is 30.0 Å². The third-order valence-electron chi connectivity index (χ3n) is 3.94. The Kier molecular flexibility index (Phi) is 4.93. The highest BCUT2D eigenvalue weighted by atomic mass is 16.5. The van der Waals surface area contributed by atoms with Crippen LogP contribution < -0.4 is 10.1 Å². The molecule has 1 saturated carbocycles. The van der Waals surface area contributed by atoms with Crippen molar-refractivity contribution in [2.75, 3.05) is 6.61 Å². The van der Waals surface area contributed by atoms with E-state index in [0.29, 0.717) is 11.9 Å². The Hall–Kier alpha value is -1.65. The summed E-state index contributed by atoms with van der Waals surface area (Å²) in [7, 11) is 0. The van der Waals surface area contributed by atoms with Crippen molar-refractivity contribution in [2.24, 2.45) is 5.92 Å². The van der Waals surface area contributed by atoms with Gasteiger partial charge in [0, 0.05) is 12.1 Å². The largest absolute Gasteiger partial charge is 0.466 e. The minimum Gasteiger partial charge on any atom is -0.466 e. The van der Waals surface area contributed by atoms with Gasteiger partial charge in [-0.25, -0.2) is 0 Å². The van der Waals surface area contributed by atoms with E-state index in [1.54, 1.807) is 6.07 Å². The Balaban J connectivity index is 1.76. The Labute approximate surface area is 120 Å². The van der Waals surface area contributed by atoms with Crippen LogP contribution in [0.5, 0.6) is 5.88 Å². The average Bonchev–Trinajstić information content (AvgIpc) is 2.43. The predicted molar refractivity (Wildman–Crippen MR) is 76.6 cm³/mol. The summed E-state index contributed by atoms with van der Waals surface area (Å²) >= 11 is 0. The molecular formula is C15H23N3O2. The number of hydrogen-bond donors (Lipinski definition) is 1. The summed E-state index contributed by atoms with van der Waals surface area (Å²) in [6.07, 6.45) is 4.51. The topological polar surface area (TPSA) is 64.1 Å². The SMILES string of the molecule is Cc1cc(OCC(=O)NC2CCC(C)CC2)nnc1C. The van der Waals surface area contributed by atoms with Gasteiger partial charge in [0.2, 0.25) is 5.88 Å². The molecule has 110 valence electrons. The first-order valence-electron chi connectivity index (χ1n) is 7.27. The van der Waals surface area contributed by atoms with Crippen LogP contribution in [0.15, 0.2) is 6.07 Å². The number of ether oxygens (including phenoxy) is 1. The predicted octanol–water partition coefficient (Wildman–Crippen LogP) is 2.17. The standard InChI is InChI=1S/C15H23N3O2/c1-10-4-6-13(7-5-10)16-14(19)9-20-15-8-11(2)12(3)17-18-15/h8,10,13H,4-7,9H2,1-3H3,(H,16,19). The summed E-state index contributed by atoms with van der Waals surface area (Å²) in [5.74, 6) is 1.11. The number of aromatic nitrogens is 2. The third-order valence-corrected chi connectivity index (χ3v) is 3.94. The molecule has 0 saturated heterocycles. The summed E-state index contributed by atoms with van der Waals surface area (Å²) in [6.45, 7) is 6.10. The fourth-order valence-corrected chi connectivity index (χ4v) is 2.41. The maximum atomic E-state index is 11.8. The van der Waals surface area contributed by atoms with E-state index in [1.165, 1.54) is 12.8 Å². The van der Waals surface area contributed by atoms with Crippen LogP contribution >= 0.6 is 0 Å². The molecule has 1 fully saturated rings. The zero-order valence-electron chi connectivity index (χ0n) is 12.5. The van der Waals surface area contributed by atoms with Crippen molar-refractivity contribution in [1.29, 1.82) is 0 Å². The van der Waals surface area contributed by atoms with Crippen molar-refractivity contribution in [3.8, 4) is 5.88 Å². The molecule has 0 radical (unpaired) electrons. The average molecular weight is 277 g/mol. The van der Waals surface area contributed by atoms with Gasteiger partial charge in [0.25, 0.3) is 5.91 Å². The quantitative estimate of drug-likeness (QED) is 0.916. The van der Waals surface area contributed by atoms with E-state index < -0.39 is 0 Å². The minimum atomic E-state index is -0.0791. The fraction of sp³-hybridized carbons (Fsp3) is 0.667. The van der Waals surface area contributed by atoms with Gasteiger partial charge in [-0.1, -0.05) is 6.92 Å². The molecule has 1 heterocycles. The van der Waals surface area contributed by atoms with Gasteiger partial charge in [0.15, 0.2) is 6.61 Å². The highest BCUT2D eigenvalue weighted by Gasteiger charge is 2.19. The van der Waals surface area contributed by atoms with Crippen molar-refractivity contribution >= 4 is 5.91 Å². The van der Waals surface area contributed by atoms with Gasteiger partial charge >= 0.3 is 0 Å². The molecule has 2 rings (SSSR count). The van der Waals surface area contributed by atoms with Crippen molar-refractivity contribution in [1.82, 2.24) is 15.5 Å². The lowest BCUT2D eigenvalue weighted by atomic mass is 9.87. The smallest absolute Gasteiger partial charge is 0.258 e. The third kappa shape index (κ3) is 4.18. The van der Waals surface area contributed by atoms with Crippen LogP contribution in [-0.4, -0.2) is 28.8 Å². The highest BCUT2D eigenvalue weighted by Crippen LogP contribution is 2.23. The Bertz CT molecular complexity index is 468. The van der Waals surface area contributed by atoms with Crippen molar-refractivity contribution in [3.05, 3.63) is 17.3 Å². The van der Waals surface area contributed by atoms with E-state index in [9.17, 15) is 4.79 Å². The van der Waals surface area contributed by atoms with Crippen LogP contribution in [0.1, 0.15) is 43.9 Å². The van der Waals surface area contributed by atoms with E-state index >= 15 is 0 Å². The van der Waals surface area contributed by atoms with Crippen LogP contribution in [-0.2, 0) is 4.79 Å². The zero-order valence-corrected chi connectivity index (χ0v) is 12.5. The van der Waals surface area contributed by atoms with Gasteiger partial charge < -0.3 is 10.1 Å². The van der Waals surface area contributed by atoms with Crippen LogP contribution in [0, 0.1) is 19.8 Å². The Morgan fingerprint density at radius 1 is 1.30 bits per heavy atom. The van der Waals surface area contributed by atoms with Gasteiger partial charge in [-0.15, -0.1) is 5.10 Å². The summed E-state index contributed by atoms with van der Waals surface area (Å²) < 4.78 is 5.38. The molecular weight excluding hydrogens is 254 g/mol. The first kappa shape index (κ1) is 14.8. The molecule has 20 heavy (non-hydrogen) atoms. The van der Waals surface area contributed by atoms with Crippen molar-refractivity contribution < 1.29 is 9.53 Å². The monoisotopic (exact) mass is 277 g/mol. The number of nitrogens with one attached hydrogen (secondary N) is 1. The number of hydrogen-bond acceptors (Lipinski definition) is 4. The molecule has 0 unspecified atom stereocenters. The normalized spacial score (nSPS) is 22.4. The van der Waals surface area contributed by atoms with Crippen molar-refractivity contribution in [3.63, 3.8) is 0 Å². The minimum absolute atomic E-state index is 0.00321. The molecule has 0 spiro atoms. The number of rotatable bonds is 4. The Morgan fingerprint density at radius 3 is 2.65 bits per heavy atom. The molecule has 1 aromatic heterocycles. The number of amides is 1. The summed E-state index contributed by atoms with van der Waals surface area (Å²) in [4.78, 5) is 11.8. The zero-order chi connectivity index (χ0) is 14.5. The van der Waals surface area contributed by atoms with Gasteiger partial charge in [-0.2, -0.15) is 5.10 Å². The number of nitrogens with zero attached hydrogens (tertiary/aromatic N) is 2. The maximum absolute atomic E-state index is 11.8. The van der Waals surface area contributed by atoms with E-state index in [1.807, 2.05) is 13.8 Å². The molecule has 1 aromatic rings. The molecule has 1 aliphatic carbocycles. The number of carbonyl (C=O) groups is 1. The van der Waals surface area contributed by atoms with Crippen LogP contribution in [0.25, 0.3) is 0 Å². The molecule has 0 aliphatic heterocycles. The van der Waals surface area contributed by atoms with Crippen LogP contribution in [0.4, 0.5) is 0 Å². The van der Waals surface area contributed by atoms with E-state index in [-0.39, 0.29) is 12.5 Å². The van der Waals surface area contributed by atoms with Crippen molar-refractivity contribution in [2.45, 2.75) is 52.5 Å². The van der Waals surface area contributed by atoms with E-state index in [4.69, 9.17) is 4.74 Å². The van der Waals surface area contributed by atoms with Gasteiger partial charge in [0.05, 0.1) is 5.69 Å². The van der Waals surface area contributed by atoms with Gasteiger partial charge in [0.1, 0.15) is 0 Å². The second-order valence-corrected chi connectivity index (χ2v) is 5.76. The first-order chi connectivity index (χ1) is 9.54. The lowest BCUT2D eigenvalue weighted by molar-refractivity contribution is -0.124. The van der Waals surface area contributed by atoms with Gasteiger partial charge in [-0.05, 0) is 51.0 Å². The summed E-state index contributed by atoms with van der Waals surface area (Å²) in [6, 6.07) is 2.10. The fourth-order valence-electron chi connectivity index (χ4n) is 2.41. The molecule has 0 atom stereocenters. The molecule has 5 heteroatoms. The van der Waals surface area contributed by atoms with Crippen LogP contribution in [0.3, 0.4) is 0 Å². The first-order valence-corrected chi connectivity index (χ1v) is 7.27. The number of aryl methyl sites for hydroxylation is 2. The molecule has 1 N–H and O–H groups in total.